The van der Waals surface area contributed by atoms with E-state index in [4.69, 9.17) is 5.11 Å². The van der Waals surface area contributed by atoms with Crippen LogP contribution in [0.1, 0.15) is 33.1 Å². The van der Waals surface area contributed by atoms with Crippen molar-refractivity contribution in [3.63, 3.8) is 0 Å². The predicted molar refractivity (Wildman–Crippen MR) is 67.2 cm³/mol. The van der Waals surface area contributed by atoms with Crippen LogP contribution in [0.2, 0.25) is 0 Å². The molecule has 18 heavy (non-hydrogen) atoms. The highest BCUT2D eigenvalue weighted by Crippen LogP contribution is 2.37. The molecule has 1 aliphatic carbocycles. The number of carboxylic acids is 1. The van der Waals surface area contributed by atoms with Crippen LogP contribution in [0.3, 0.4) is 0 Å². The van der Waals surface area contributed by atoms with E-state index in [-0.39, 0.29) is 11.9 Å². The van der Waals surface area contributed by atoms with Gasteiger partial charge in [-0.25, -0.2) is 9.59 Å². The molecule has 1 heterocycles. The second kappa shape index (κ2) is 5.16. The fourth-order valence-electron chi connectivity index (χ4n) is 3.14. The Morgan fingerprint density at radius 3 is 2.22 bits per heavy atom. The molecule has 1 saturated carbocycles. The lowest BCUT2D eigenvalue weighted by atomic mass is 10.0. The number of hydrogen-bond donors (Lipinski definition) is 2. The van der Waals surface area contributed by atoms with Crippen LogP contribution < -0.4 is 5.32 Å². The SMILES string of the molecule is CC(C)[C@@H](NC(=O)N1CC2CCCC2C1)C(=O)O. The molecular formula is C13H22N2O3. The molecule has 2 N–H and O–H groups in total. The van der Waals surface area contributed by atoms with E-state index in [1.807, 2.05) is 0 Å². The van der Waals surface area contributed by atoms with Crippen molar-refractivity contribution in [1.29, 1.82) is 0 Å². The third-order valence-corrected chi connectivity index (χ3v) is 4.23. The topological polar surface area (TPSA) is 69.6 Å². The highest BCUT2D eigenvalue weighted by Gasteiger charge is 2.38. The first kappa shape index (κ1) is 13.2. The molecule has 2 aliphatic rings. The van der Waals surface area contributed by atoms with Gasteiger partial charge in [-0.2, -0.15) is 0 Å². The Kier molecular flexibility index (Phi) is 3.78. The van der Waals surface area contributed by atoms with Gasteiger partial charge in [0.05, 0.1) is 0 Å². The number of amides is 2. The first-order chi connectivity index (χ1) is 8.49. The number of likely N-dealkylation sites (tertiary alicyclic amines) is 1. The van der Waals surface area contributed by atoms with Gasteiger partial charge in [-0.15, -0.1) is 0 Å². The Balaban J connectivity index is 1.90. The lowest BCUT2D eigenvalue weighted by Crippen LogP contribution is -2.49. The van der Waals surface area contributed by atoms with Crippen molar-refractivity contribution in [3.05, 3.63) is 0 Å². The summed E-state index contributed by atoms with van der Waals surface area (Å²) in [5, 5.41) is 11.7. The third kappa shape index (κ3) is 2.60. The van der Waals surface area contributed by atoms with Gasteiger partial charge in [-0.3, -0.25) is 0 Å². The number of fused-ring (bicyclic) bond motifs is 1. The lowest BCUT2D eigenvalue weighted by molar-refractivity contribution is -0.140. The lowest BCUT2D eigenvalue weighted by Gasteiger charge is -2.23. The van der Waals surface area contributed by atoms with Crippen LogP contribution >= 0.6 is 0 Å². The fourth-order valence-corrected chi connectivity index (χ4v) is 3.14. The summed E-state index contributed by atoms with van der Waals surface area (Å²) in [6.45, 7) is 5.19. The van der Waals surface area contributed by atoms with Crippen LogP contribution in [-0.2, 0) is 4.79 Å². The summed E-state index contributed by atoms with van der Waals surface area (Å²) in [5.41, 5.74) is 0. The van der Waals surface area contributed by atoms with Crippen LogP contribution in [-0.4, -0.2) is 41.1 Å². The Bertz CT molecular complexity index is 331. The number of carbonyl (C=O) groups is 2. The maximum atomic E-state index is 12.0. The number of hydrogen-bond acceptors (Lipinski definition) is 2. The van der Waals surface area contributed by atoms with E-state index in [0.717, 1.165) is 13.1 Å². The molecule has 0 spiro atoms. The van der Waals surface area contributed by atoms with Crippen molar-refractivity contribution < 1.29 is 14.7 Å². The molecule has 0 radical (unpaired) electrons. The average Bonchev–Trinajstić information content (AvgIpc) is 2.84. The van der Waals surface area contributed by atoms with Gasteiger partial charge in [-0.05, 0) is 30.6 Å². The number of aliphatic carboxylic acids is 1. The first-order valence-electron chi connectivity index (χ1n) is 6.77. The van der Waals surface area contributed by atoms with Crippen LogP contribution in [0.4, 0.5) is 4.79 Å². The highest BCUT2D eigenvalue weighted by molar-refractivity contribution is 5.82. The van der Waals surface area contributed by atoms with Crippen LogP contribution in [0, 0.1) is 17.8 Å². The van der Waals surface area contributed by atoms with Gasteiger partial charge in [-0.1, -0.05) is 20.3 Å². The van der Waals surface area contributed by atoms with E-state index >= 15 is 0 Å². The van der Waals surface area contributed by atoms with Crippen LogP contribution in [0.15, 0.2) is 0 Å². The quantitative estimate of drug-likeness (QED) is 0.802. The molecule has 1 saturated heterocycles. The van der Waals surface area contributed by atoms with Crippen molar-refractivity contribution in [1.82, 2.24) is 10.2 Å². The molecule has 2 rings (SSSR count). The molecule has 0 aromatic rings. The molecule has 2 unspecified atom stereocenters. The van der Waals surface area contributed by atoms with Crippen molar-refractivity contribution in [2.24, 2.45) is 17.8 Å². The molecule has 1 aliphatic heterocycles. The van der Waals surface area contributed by atoms with Crippen molar-refractivity contribution in [2.75, 3.05) is 13.1 Å². The molecule has 0 bridgehead atoms. The third-order valence-electron chi connectivity index (χ3n) is 4.23. The van der Waals surface area contributed by atoms with Crippen molar-refractivity contribution in [2.45, 2.75) is 39.2 Å². The average molecular weight is 254 g/mol. The van der Waals surface area contributed by atoms with E-state index in [1.54, 1.807) is 18.7 Å². The Labute approximate surface area is 108 Å². The summed E-state index contributed by atoms with van der Waals surface area (Å²) in [7, 11) is 0. The van der Waals surface area contributed by atoms with Gasteiger partial charge in [0.1, 0.15) is 6.04 Å². The van der Waals surface area contributed by atoms with Gasteiger partial charge in [0.2, 0.25) is 0 Å². The highest BCUT2D eigenvalue weighted by atomic mass is 16.4. The van der Waals surface area contributed by atoms with Crippen LogP contribution in [0.25, 0.3) is 0 Å². The molecule has 2 amide bonds. The normalized spacial score (nSPS) is 28.3. The van der Waals surface area contributed by atoms with Gasteiger partial charge in [0, 0.05) is 13.1 Å². The molecule has 5 heteroatoms. The van der Waals surface area contributed by atoms with Crippen molar-refractivity contribution >= 4 is 12.0 Å². The van der Waals surface area contributed by atoms with E-state index in [0.29, 0.717) is 11.8 Å². The Morgan fingerprint density at radius 2 is 1.78 bits per heavy atom. The standard InChI is InChI=1S/C13H22N2O3/c1-8(2)11(12(16)17)14-13(18)15-6-9-4-3-5-10(9)7-15/h8-11H,3-7H2,1-2H3,(H,14,18)(H,16,17)/t9?,10?,11-/m1/s1. The zero-order valence-corrected chi connectivity index (χ0v) is 11.1. The maximum Gasteiger partial charge on any atom is 0.326 e. The van der Waals surface area contributed by atoms with E-state index in [2.05, 4.69) is 5.32 Å². The first-order valence-corrected chi connectivity index (χ1v) is 6.77. The number of carboxylic acid groups (broad SMARTS) is 1. The van der Waals surface area contributed by atoms with Crippen LogP contribution in [0.5, 0.6) is 0 Å². The summed E-state index contributed by atoms with van der Waals surface area (Å²) in [5.74, 6) is 0.211. The Morgan fingerprint density at radius 1 is 1.22 bits per heavy atom. The minimum absolute atomic E-state index is 0.103. The molecular weight excluding hydrogens is 232 g/mol. The predicted octanol–water partition coefficient (Wildman–Crippen LogP) is 1.54. The second-order valence-corrected chi connectivity index (χ2v) is 5.87. The van der Waals surface area contributed by atoms with E-state index in [9.17, 15) is 9.59 Å². The Hall–Kier alpha value is -1.26. The number of nitrogens with zero attached hydrogens (tertiary/aromatic N) is 1. The monoisotopic (exact) mass is 254 g/mol. The summed E-state index contributed by atoms with van der Waals surface area (Å²) >= 11 is 0. The largest absolute Gasteiger partial charge is 0.480 e. The van der Waals surface area contributed by atoms with E-state index in [1.165, 1.54) is 19.3 Å². The summed E-state index contributed by atoms with van der Waals surface area (Å²) in [6, 6.07) is -1.01. The number of carbonyl (C=O) groups excluding carboxylic acids is 1. The summed E-state index contributed by atoms with van der Waals surface area (Å²) in [4.78, 5) is 24.9. The molecule has 3 atom stereocenters. The summed E-state index contributed by atoms with van der Waals surface area (Å²) in [6.07, 6.45) is 3.69. The minimum Gasteiger partial charge on any atom is -0.480 e. The summed E-state index contributed by atoms with van der Waals surface area (Å²) < 4.78 is 0. The molecule has 0 aromatic heterocycles. The zero-order chi connectivity index (χ0) is 13.3. The minimum atomic E-state index is -0.960. The molecule has 102 valence electrons. The van der Waals surface area contributed by atoms with Gasteiger partial charge in [0.15, 0.2) is 0 Å². The number of nitrogens with one attached hydrogen (secondary N) is 1. The second-order valence-electron chi connectivity index (χ2n) is 5.87. The fraction of sp³-hybridized carbons (Fsp3) is 0.846. The number of rotatable bonds is 3. The molecule has 5 nitrogen and oxygen atoms in total. The molecule has 0 aromatic carbocycles. The zero-order valence-electron chi connectivity index (χ0n) is 11.1. The smallest absolute Gasteiger partial charge is 0.326 e. The van der Waals surface area contributed by atoms with Gasteiger partial charge in [0.25, 0.3) is 0 Å². The maximum absolute atomic E-state index is 12.0. The van der Waals surface area contributed by atoms with Crippen molar-refractivity contribution in [3.8, 4) is 0 Å². The van der Waals surface area contributed by atoms with E-state index < -0.39 is 12.0 Å². The van der Waals surface area contributed by atoms with Gasteiger partial charge >= 0.3 is 12.0 Å². The number of urea groups is 1. The van der Waals surface area contributed by atoms with Gasteiger partial charge < -0.3 is 15.3 Å². The molecule has 2 fully saturated rings.